The number of ether oxygens (including phenoxy) is 1. The van der Waals surface area contributed by atoms with Crippen LogP contribution in [0, 0.1) is 18.3 Å². The van der Waals surface area contributed by atoms with Crippen molar-refractivity contribution in [2.45, 2.75) is 46.1 Å². The first-order valence-corrected chi connectivity index (χ1v) is 14.6. The second kappa shape index (κ2) is 11.6. The molecule has 0 saturated carbocycles. The standard InChI is InChI=1S/C31H28BrN3O3S/c1-3-38-31(37)28-24-9-5-7-11-27(24)39-30(28)34-29(36)21(17-33)16-25-19(2)35(26-10-6-4-8-23(25)26)18-20-12-14-22(32)15-13-20/h4,6,8,10,12-16H,3,5,7,9,11,18H2,1-2H3,(H,34,36)/b21-16+. The Hall–Kier alpha value is -3.67. The van der Waals surface area contributed by atoms with E-state index in [1.165, 1.54) is 11.3 Å². The van der Waals surface area contributed by atoms with Crippen molar-refractivity contribution < 1.29 is 14.3 Å². The van der Waals surface area contributed by atoms with E-state index in [1.54, 1.807) is 13.0 Å². The molecule has 0 aliphatic heterocycles. The molecule has 6 nitrogen and oxygen atoms in total. The van der Waals surface area contributed by atoms with Crippen molar-refractivity contribution >= 4 is 61.1 Å². The summed E-state index contributed by atoms with van der Waals surface area (Å²) >= 11 is 4.90. The number of aromatic nitrogens is 1. The van der Waals surface area contributed by atoms with Crippen LogP contribution in [-0.2, 0) is 28.9 Å². The Bertz CT molecular complexity index is 1640. The van der Waals surface area contributed by atoms with Crippen molar-refractivity contribution in [1.82, 2.24) is 4.57 Å². The predicted molar refractivity (Wildman–Crippen MR) is 159 cm³/mol. The quantitative estimate of drug-likeness (QED) is 0.136. The number of carbonyl (C=O) groups excluding carboxylic acids is 2. The van der Waals surface area contributed by atoms with Crippen molar-refractivity contribution in [2.75, 3.05) is 11.9 Å². The highest BCUT2D eigenvalue weighted by molar-refractivity contribution is 9.10. The van der Waals surface area contributed by atoms with Crippen LogP contribution in [0.4, 0.5) is 5.00 Å². The molecular formula is C31H28BrN3O3S. The van der Waals surface area contributed by atoms with Crippen LogP contribution in [0.2, 0.25) is 0 Å². The lowest BCUT2D eigenvalue weighted by atomic mass is 9.95. The molecule has 2 aromatic carbocycles. The molecule has 1 aliphatic carbocycles. The third-order valence-corrected chi connectivity index (χ3v) is 8.80. The van der Waals surface area contributed by atoms with Crippen LogP contribution < -0.4 is 5.32 Å². The van der Waals surface area contributed by atoms with E-state index in [4.69, 9.17) is 4.74 Å². The molecule has 8 heteroatoms. The predicted octanol–water partition coefficient (Wildman–Crippen LogP) is 7.42. The molecular weight excluding hydrogens is 574 g/mol. The van der Waals surface area contributed by atoms with Crippen molar-refractivity contribution in [1.29, 1.82) is 5.26 Å². The van der Waals surface area contributed by atoms with Gasteiger partial charge in [0.15, 0.2) is 0 Å². The molecule has 0 saturated heterocycles. The van der Waals surface area contributed by atoms with Crippen LogP contribution in [0.1, 0.15) is 57.4 Å². The number of anilines is 1. The second-order valence-electron chi connectivity index (χ2n) is 9.49. The number of para-hydroxylation sites is 1. The Kier molecular flexibility index (Phi) is 8.01. The van der Waals surface area contributed by atoms with Crippen LogP contribution >= 0.6 is 27.3 Å². The molecule has 4 aromatic rings. The number of benzene rings is 2. The average molecular weight is 603 g/mol. The number of halogens is 1. The maximum atomic E-state index is 13.4. The molecule has 0 atom stereocenters. The van der Waals surface area contributed by atoms with Gasteiger partial charge in [-0.05, 0) is 74.9 Å². The molecule has 1 aliphatic rings. The number of fused-ring (bicyclic) bond motifs is 2. The fourth-order valence-corrected chi connectivity index (χ4v) is 6.69. The van der Waals surface area contributed by atoms with Crippen molar-refractivity contribution in [2.24, 2.45) is 0 Å². The fourth-order valence-electron chi connectivity index (χ4n) is 5.15. The van der Waals surface area contributed by atoms with Crippen LogP contribution in [0.15, 0.2) is 58.6 Å². The summed E-state index contributed by atoms with van der Waals surface area (Å²) in [6, 6.07) is 18.3. The van der Waals surface area contributed by atoms with Gasteiger partial charge in [-0.25, -0.2) is 4.79 Å². The number of thiophene rings is 1. The first-order chi connectivity index (χ1) is 18.9. The van der Waals surface area contributed by atoms with Crippen LogP contribution in [-0.4, -0.2) is 23.1 Å². The van der Waals surface area contributed by atoms with Gasteiger partial charge in [-0.1, -0.05) is 46.3 Å². The summed E-state index contributed by atoms with van der Waals surface area (Å²) in [5.74, 6) is -0.965. The van der Waals surface area contributed by atoms with E-state index in [0.717, 1.165) is 68.3 Å². The lowest BCUT2D eigenvalue weighted by Gasteiger charge is -2.12. The number of nitriles is 1. The highest BCUT2D eigenvalue weighted by Gasteiger charge is 2.28. The first kappa shape index (κ1) is 26.9. The van der Waals surface area contributed by atoms with Crippen LogP contribution in [0.25, 0.3) is 17.0 Å². The van der Waals surface area contributed by atoms with Gasteiger partial charge in [0.1, 0.15) is 16.6 Å². The second-order valence-corrected chi connectivity index (χ2v) is 11.5. The molecule has 5 rings (SSSR count). The summed E-state index contributed by atoms with van der Waals surface area (Å²) in [6.07, 6.45) is 5.36. The van der Waals surface area contributed by atoms with E-state index in [2.05, 4.69) is 44.0 Å². The average Bonchev–Trinajstić information content (AvgIpc) is 3.43. The van der Waals surface area contributed by atoms with Gasteiger partial charge in [-0.3, -0.25) is 4.79 Å². The van der Waals surface area contributed by atoms with Gasteiger partial charge >= 0.3 is 5.97 Å². The molecule has 198 valence electrons. The Morgan fingerprint density at radius 2 is 1.90 bits per heavy atom. The van der Waals surface area contributed by atoms with Crippen LogP contribution in [0.3, 0.4) is 0 Å². The van der Waals surface area contributed by atoms with Gasteiger partial charge in [0, 0.05) is 38.1 Å². The Morgan fingerprint density at radius 3 is 2.64 bits per heavy atom. The molecule has 0 unspecified atom stereocenters. The number of carbonyl (C=O) groups is 2. The van der Waals surface area contributed by atoms with E-state index in [0.29, 0.717) is 17.1 Å². The number of amides is 1. The molecule has 2 heterocycles. The van der Waals surface area contributed by atoms with E-state index in [1.807, 2.05) is 43.3 Å². The highest BCUT2D eigenvalue weighted by atomic mass is 79.9. The van der Waals surface area contributed by atoms with Gasteiger partial charge in [0.25, 0.3) is 5.91 Å². The number of esters is 1. The number of nitrogens with zero attached hydrogens (tertiary/aromatic N) is 2. The van der Waals surface area contributed by atoms with Crippen molar-refractivity contribution in [3.63, 3.8) is 0 Å². The zero-order chi connectivity index (χ0) is 27.5. The SMILES string of the molecule is CCOC(=O)c1c(NC(=O)/C(C#N)=C/c2c(C)n(Cc3ccc(Br)cc3)c3ccccc23)sc2c1CCCC2. The minimum absolute atomic E-state index is 0.0224. The Balaban J connectivity index is 1.51. The van der Waals surface area contributed by atoms with Gasteiger partial charge in [-0.2, -0.15) is 5.26 Å². The number of hydrogen-bond donors (Lipinski definition) is 1. The largest absolute Gasteiger partial charge is 0.462 e. The van der Waals surface area contributed by atoms with E-state index in [9.17, 15) is 14.9 Å². The van der Waals surface area contributed by atoms with E-state index in [-0.39, 0.29) is 12.2 Å². The van der Waals surface area contributed by atoms with Gasteiger partial charge in [-0.15, -0.1) is 11.3 Å². The van der Waals surface area contributed by atoms with Gasteiger partial charge < -0.3 is 14.6 Å². The summed E-state index contributed by atoms with van der Waals surface area (Å²) in [4.78, 5) is 27.3. The third kappa shape index (κ3) is 5.42. The summed E-state index contributed by atoms with van der Waals surface area (Å²) in [7, 11) is 0. The lowest BCUT2D eigenvalue weighted by molar-refractivity contribution is -0.112. The number of aryl methyl sites for hydroxylation is 1. The number of rotatable bonds is 7. The molecule has 0 spiro atoms. The molecule has 2 aromatic heterocycles. The molecule has 0 fully saturated rings. The van der Waals surface area contributed by atoms with Crippen molar-refractivity contribution in [3.8, 4) is 6.07 Å². The highest BCUT2D eigenvalue weighted by Crippen LogP contribution is 2.39. The lowest BCUT2D eigenvalue weighted by Crippen LogP contribution is -2.16. The Labute approximate surface area is 240 Å². The minimum Gasteiger partial charge on any atom is -0.462 e. The van der Waals surface area contributed by atoms with Crippen LogP contribution in [0.5, 0.6) is 0 Å². The molecule has 0 bridgehead atoms. The Morgan fingerprint density at radius 1 is 1.15 bits per heavy atom. The third-order valence-electron chi connectivity index (χ3n) is 7.07. The summed E-state index contributed by atoms with van der Waals surface area (Å²) < 4.78 is 8.53. The topological polar surface area (TPSA) is 84.1 Å². The van der Waals surface area contributed by atoms with Gasteiger partial charge in [0.05, 0.1) is 12.2 Å². The molecule has 1 amide bonds. The summed E-state index contributed by atoms with van der Waals surface area (Å²) in [5.41, 5.74) is 5.33. The number of hydrogen-bond acceptors (Lipinski definition) is 5. The first-order valence-electron chi connectivity index (χ1n) is 13.0. The zero-order valence-corrected chi connectivity index (χ0v) is 24.2. The smallest absolute Gasteiger partial charge is 0.341 e. The van der Waals surface area contributed by atoms with Gasteiger partial charge in [0.2, 0.25) is 0 Å². The van der Waals surface area contributed by atoms with E-state index < -0.39 is 11.9 Å². The monoisotopic (exact) mass is 601 g/mol. The molecule has 0 radical (unpaired) electrons. The maximum absolute atomic E-state index is 13.4. The normalized spacial score (nSPS) is 13.1. The molecule has 1 N–H and O–H groups in total. The van der Waals surface area contributed by atoms with E-state index >= 15 is 0 Å². The minimum atomic E-state index is -0.536. The summed E-state index contributed by atoms with van der Waals surface area (Å²) in [6.45, 7) is 4.68. The summed E-state index contributed by atoms with van der Waals surface area (Å²) in [5, 5.41) is 14.3. The van der Waals surface area contributed by atoms with Crippen molar-refractivity contribution in [3.05, 3.63) is 91.4 Å². The molecule has 39 heavy (non-hydrogen) atoms. The zero-order valence-electron chi connectivity index (χ0n) is 21.8. The maximum Gasteiger partial charge on any atom is 0.341 e. The number of nitrogens with one attached hydrogen (secondary N) is 1. The fraction of sp³-hybridized carbons (Fsp3) is 0.258.